The summed E-state index contributed by atoms with van der Waals surface area (Å²) in [7, 11) is 0. The van der Waals surface area contributed by atoms with Crippen LogP contribution in [0, 0.1) is 0 Å². The van der Waals surface area contributed by atoms with Crippen LogP contribution in [0.2, 0.25) is 5.02 Å². The molecule has 0 unspecified atom stereocenters. The Morgan fingerprint density at radius 3 is 2.83 bits per heavy atom. The number of fused-ring (bicyclic) bond motifs is 1. The van der Waals surface area contributed by atoms with E-state index >= 15 is 0 Å². The number of halogens is 1. The molecule has 0 bridgehead atoms. The normalized spacial score (nSPS) is 11.8. The lowest BCUT2D eigenvalue weighted by molar-refractivity contribution is 0.261. The van der Waals surface area contributed by atoms with Crippen molar-refractivity contribution in [3.63, 3.8) is 0 Å². The van der Waals surface area contributed by atoms with Crippen molar-refractivity contribution in [3.8, 4) is 0 Å². The lowest BCUT2D eigenvalue weighted by atomic mass is 10.0. The van der Waals surface area contributed by atoms with Gasteiger partial charge in [0, 0.05) is 34.4 Å². The average molecular weight is 265 g/mol. The highest BCUT2D eigenvalue weighted by molar-refractivity contribution is 6.31. The Hall–Kier alpha value is -1.32. The van der Waals surface area contributed by atoms with E-state index in [4.69, 9.17) is 16.7 Å². The Morgan fingerprint density at radius 2 is 2.11 bits per heavy atom. The van der Waals surface area contributed by atoms with Crippen LogP contribution in [0.15, 0.2) is 30.5 Å². The third-order valence-electron chi connectivity index (χ3n) is 2.91. The minimum absolute atomic E-state index is 0.162. The van der Waals surface area contributed by atoms with E-state index in [-0.39, 0.29) is 12.1 Å². The maximum atomic E-state index is 9.06. The number of aromatic nitrogens is 1. The Kier molecular flexibility index (Phi) is 3.73. The van der Waals surface area contributed by atoms with Crippen molar-refractivity contribution in [2.45, 2.75) is 25.8 Å². The second kappa shape index (κ2) is 5.12. The van der Waals surface area contributed by atoms with Crippen LogP contribution in [0.5, 0.6) is 0 Å². The molecule has 0 amide bonds. The Bertz CT molecular complexity index is 554. The molecule has 2 rings (SSSR count). The van der Waals surface area contributed by atoms with Crippen molar-refractivity contribution < 1.29 is 5.11 Å². The summed E-state index contributed by atoms with van der Waals surface area (Å²) in [6, 6.07) is 7.61. The summed E-state index contributed by atoms with van der Waals surface area (Å²) < 4.78 is 0. The number of nitrogens with one attached hydrogen (secondary N) is 1. The van der Waals surface area contributed by atoms with Crippen LogP contribution in [0.25, 0.3) is 10.9 Å². The van der Waals surface area contributed by atoms with Crippen LogP contribution in [0.3, 0.4) is 0 Å². The number of hydrogen-bond acceptors (Lipinski definition) is 3. The molecule has 0 spiro atoms. The molecule has 3 nitrogen and oxygen atoms in total. The number of anilines is 1. The standard InChI is InChI=1S/C14H17ClN2O/c1-14(2,6-8-18)17-12-5-7-16-13-9-10(15)3-4-11(12)13/h3-5,7,9,18H,6,8H2,1-2H3,(H,16,17). The molecule has 1 aromatic heterocycles. The molecule has 2 N–H and O–H groups in total. The number of pyridine rings is 1. The van der Waals surface area contributed by atoms with Crippen molar-refractivity contribution in [2.75, 3.05) is 11.9 Å². The maximum Gasteiger partial charge on any atom is 0.0737 e. The molecule has 0 aliphatic rings. The molecule has 0 aliphatic carbocycles. The Balaban J connectivity index is 2.39. The summed E-state index contributed by atoms with van der Waals surface area (Å²) in [5, 5.41) is 14.2. The van der Waals surface area contributed by atoms with Crippen LogP contribution in [-0.4, -0.2) is 22.2 Å². The van der Waals surface area contributed by atoms with Gasteiger partial charge in [0.15, 0.2) is 0 Å². The average Bonchev–Trinajstić information content (AvgIpc) is 2.28. The first-order chi connectivity index (χ1) is 8.52. The highest BCUT2D eigenvalue weighted by Crippen LogP contribution is 2.27. The molecule has 2 aromatic rings. The van der Waals surface area contributed by atoms with E-state index < -0.39 is 0 Å². The SMILES string of the molecule is CC(C)(CCO)Nc1ccnc2cc(Cl)ccc12. The number of benzene rings is 1. The molecule has 0 saturated heterocycles. The smallest absolute Gasteiger partial charge is 0.0737 e. The monoisotopic (exact) mass is 264 g/mol. The molecule has 0 aliphatic heterocycles. The number of rotatable bonds is 4. The first kappa shape index (κ1) is 13.1. The minimum atomic E-state index is -0.164. The van der Waals surface area contributed by atoms with Gasteiger partial charge in [-0.05, 0) is 44.5 Å². The van der Waals surface area contributed by atoms with E-state index in [1.54, 1.807) is 6.20 Å². The van der Waals surface area contributed by atoms with Gasteiger partial charge in [-0.2, -0.15) is 0 Å². The van der Waals surface area contributed by atoms with E-state index in [9.17, 15) is 0 Å². The van der Waals surface area contributed by atoms with Crippen molar-refractivity contribution >= 4 is 28.2 Å². The topological polar surface area (TPSA) is 45.1 Å². The molecule has 1 aromatic carbocycles. The summed E-state index contributed by atoms with van der Waals surface area (Å²) in [4.78, 5) is 4.30. The van der Waals surface area contributed by atoms with Crippen LogP contribution in [0.1, 0.15) is 20.3 Å². The van der Waals surface area contributed by atoms with E-state index in [0.29, 0.717) is 11.4 Å². The van der Waals surface area contributed by atoms with Crippen molar-refractivity contribution in [2.24, 2.45) is 0 Å². The summed E-state index contributed by atoms with van der Waals surface area (Å²) in [6.07, 6.45) is 2.44. The molecule has 0 atom stereocenters. The van der Waals surface area contributed by atoms with Crippen LogP contribution >= 0.6 is 11.6 Å². The van der Waals surface area contributed by atoms with E-state index in [0.717, 1.165) is 16.6 Å². The molecular weight excluding hydrogens is 248 g/mol. The van der Waals surface area contributed by atoms with Crippen LogP contribution in [0.4, 0.5) is 5.69 Å². The lowest BCUT2D eigenvalue weighted by Gasteiger charge is -2.27. The zero-order valence-electron chi connectivity index (χ0n) is 10.6. The molecule has 0 fully saturated rings. The fraction of sp³-hybridized carbons (Fsp3) is 0.357. The molecule has 18 heavy (non-hydrogen) atoms. The van der Waals surface area contributed by atoms with Gasteiger partial charge in [-0.15, -0.1) is 0 Å². The predicted octanol–water partition coefficient (Wildman–Crippen LogP) is 3.46. The van der Waals surface area contributed by atoms with E-state index in [2.05, 4.69) is 24.1 Å². The van der Waals surface area contributed by atoms with Gasteiger partial charge in [-0.1, -0.05) is 11.6 Å². The molecule has 0 saturated carbocycles. The van der Waals surface area contributed by atoms with Gasteiger partial charge in [-0.25, -0.2) is 0 Å². The Labute approximate surface area is 112 Å². The Morgan fingerprint density at radius 1 is 1.33 bits per heavy atom. The zero-order valence-corrected chi connectivity index (χ0v) is 11.3. The summed E-state index contributed by atoms with van der Waals surface area (Å²) >= 11 is 5.96. The maximum absolute atomic E-state index is 9.06. The van der Waals surface area contributed by atoms with E-state index in [1.165, 1.54) is 0 Å². The first-order valence-corrected chi connectivity index (χ1v) is 6.33. The molecule has 4 heteroatoms. The van der Waals surface area contributed by atoms with Crippen molar-refractivity contribution in [1.82, 2.24) is 4.98 Å². The van der Waals surface area contributed by atoms with Gasteiger partial charge in [-0.3, -0.25) is 4.98 Å². The molecule has 1 heterocycles. The van der Waals surface area contributed by atoms with Crippen LogP contribution < -0.4 is 5.32 Å². The second-order valence-corrected chi connectivity index (χ2v) is 5.44. The predicted molar refractivity (Wildman–Crippen MR) is 76.2 cm³/mol. The van der Waals surface area contributed by atoms with Crippen LogP contribution in [-0.2, 0) is 0 Å². The van der Waals surface area contributed by atoms with Gasteiger partial charge >= 0.3 is 0 Å². The van der Waals surface area contributed by atoms with Gasteiger partial charge in [0.25, 0.3) is 0 Å². The van der Waals surface area contributed by atoms with E-state index in [1.807, 2.05) is 24.3 Å². The fourth-order valence-corrected chi connectivity index (χ4v) is 2.10. The summed E-state index contributed by atoms with van der Waals surface area (Å²) in [6.45, 7) is 4.28. The quantitative estimate of drug-likeness (QED) is 0.889. The molecule has 0 radical (unpaired) electrons. The third-order valence-corrected chi connectivity index (χ3v) is 3.15. The fourth-order valence-electron chi connectivity index (χ4n) is 1.94. The van der Waals surface area contributed by atoms with Gasteiger partial charge in [0.05, 0.1) is 5.52 Å². The molecular formula is C14H17ClN2O. The number of aliphatic hydroxyl groups excluding tert-OH is 1. The first-order valence-electron chi connectivity index (χ1n) is 5.95. The number of hydrogen-bond donors (Lipinski definition) is 2. The third kappa shape index (κ3) is 2.92. The largest absolute Gasteiger partial charge is 0.396 e. The van der Waals surface area contributed by atoms with Gasteiger partial charge in [0.2, 0.25) is 0 Å². The second-order valence-electron chi connectivity index (χ2n) is 5.00. The van der Waals surface area contributed by atoms with Gasteiger partial charge < -0.3 is 10.4 Å². The zero-order chi connectivity index (χ0) is 13.2. The number of aliphatic hydroxyl groups is 1. The lowest BCUT2D eigenvalue weighted by Crippen LogP contribution is -2.31. The van der Waals surface area contributed by atoms with Gasteiger partial charge in [0.1, 0.15) is 0 Å². The van der Waals surface area contributed by atoms with Crippen molar-refractivity contribution in [1.29, 1.82) is 0 Å². The summed E-state index contributed by atoms with van der Waals surface area (Å²) in [5.74, 6) is 0. The summed E-state index contributed by atoms with van der Waals surface area (Å²) in [5.41, 5.74) is 1.71. The minimum Gasteiger partial charge on any atom is -0.396 e. The highest BCUT2D eigenvalue weighted by Gasteiger charge is 2.17. The molecule has 96 valence electrons. The highest BCUT2D eigenvalue weighted by atomic mass is 35.5. The van der Waals surface area contributed by atoms with Crippen molar-refractivity contribution in [3.05, 3.63) is 35.5 Å². The number of nitrogens with zero attached hydrogens (tertiary/aromatic N) is 1.